The van der Waals surface area contributed by atoms with E-state index in [-0.39, 0.29) is 11.8 Å². The van der Waals surface area contributed by atoms with Crippen LogP contribution in [-0.2, 0) is 24.2 Å². The SMILES string of the molecule is CNc1nc([C@@H]2CCCN(C(C)=O)C2)nc2c1CCN(CCc1ccccc1)C2. The maximum absolute atomic E-state index is 11.8. The summed E-state index contributed by atoms with van der Waals surface area (Å²) in [6, 6.07) is 10.7. The lowest BCUT2D eigenvalue weighted by molar-refractivity contribution is -0.130. The molecule has 0 aliphatic carbocycles. The number of piperidine rings is 1. The maximum Gasteiger partial charge on any atom is 0.219 e. The van der Waals surface area contributed by atoms with Gasteiger partial charge in [-0.25, -0.2) is 9.97 Å². The van der Waals surface area contributed by atoms with Crippen molar-refractivity contribution in [2.75, 3.05) is 38.5 Å². The molecular weight excluding hydrogens is 362 g/mol. The third kappa shape index (κ3) is 4.58. The quantitative estimate of drug-likeness (QED) is 0.846. The number of hydrogen-bond acceptors (Lipinski definition) is 5. The van der Waals surface area contributed by atoms with E-state index in [1.54, 1.807) is 6.92 Å². The molecule has 1 amide bonds. The molecule has 0 saturated carbocycles. The molecule has 1 N–H and O–H groups in total. The van der Waals surface area contributed by atoms with Gasteiger partial charge in [0.1, 0.15) is 11.6 Å². The number of nitrogens with zero attached hydrogens (tertiary/aromatic N) is 4. The standard InChI is InChI=1S/C23H31N5O/c1-17(29)28-12-6-9-19(15-28)22-25-21-16-27(13-10-18-7-4-3-5-8-18)14-11-20(21)23(24-2)26-22/h3-5,7-8,19H,6,9-16H2,1-2H3,(H,24,25,26)/t19-/m1/s1. The Kier molecular flexibility index (Phi) is 6.09. The monoisotopic (exact) mass is 393 g/mol. The Hall–Kier alpha value is -2.47. The van der Waals surface area contributed by atoms with Gasteiger partial charge in [-0.05, 0) is 31.2 Å². The number of carbonyl (C=O) groups excluding carboxylic acids is 1. The minimum Gasteiger partial charge on any atom is -0.373 e. The van der Waals surface area contributed by atoms with Gasteiger partial charge < -0.3 is 10.2 Å². The molecule has 0 bridgehead atoms. The van der Waals surface area contributed by atoms with E-state index in [4.69, 9.17) is 9.97 Å². The Bertz CT molecular complexity index is 854. The molecule has 6 heteroatoms. The van der Waals surface area contributed by atoms with E-state index in [0.29, 0.717) is 0 Å². The molecule has 6 nitrogen and oxygen atoms in total. The van der Waals surface area contributed by atoms with Gasteiger partial charge in [-0.1, -0.05) is 30.3 Å². The second kappa shape index (κ2) is 8.91. The molecule has 4 rings (SSSR count). The highest BCUT2D eigenvalue weighted by Gasteiger charge is 2.28. The zero-order valence-corrected chi connectivity index (χ0v) is 17.5. The number of rotatable bonds is 5. The number of anilines is 1. The van der Waals surface area contributed by atoms with Gasteiger partial charge in [0.05, 0.1) is 5.69 Å². The zero-order valence-electron chi connectivity index (χ0n) is 17.5. The van der Waals surface area contributed by atoms with Crippen molar-refractivity contribution in [2.45, 2.75) is 45.1 Å². The average Bonchev–Trinajstić information content (AvgIpc) is 2.77. The number of benzene rings is 1. The van der Waals surface area contributed by atoms with Crippen molar-refractivity contribution in [2.24, 2.45) is 0 Å². The minimum absolute atomic E-state index is 0.147. The number of fused-ring (bicyclic) bond motifs is 1. The summed E-state index contributed by atoms with van der Waals surface area (Å²) in [4.78, 5) is 26.1. The second-order valence-electron chi connectivity index (χ2n) is 8.17. The summed E-state index contributed by atoms with van der Waals surface area (Å²) >= 11 is 0. The summed E-state index contributed by atoms with van der Waals surface area (Å²) in [5.41, 5.74) is 3.79. The molecule has 1 aromatic carbocycles. The smallest absolute Gasteiger partial charge is 0.219 e. The van der Waals surface area contributed by atoms with E-state index in [9.17, 15) is 4.79 Å². The summed E-state index contributed by atoms with van der Waals surface area (Å²) in [5, 5.41) is 3.29. The lowest BCUT2D eigenvalue weighted by atomic mass is 9.96. The van der Waals surface area contributed by atoms with E-state index >= 15 is 0 Å². The van der Waals surface area contributed by atoms with Crippen molar-refractivity contribution in [3.63, 3.8) is 0 Å². The Morgan fingerprint density at radius 2 is 2.03 bits per heavy atom. The first-order valence-corrected chi connectivity index (χ1v) is 10.7. The van der Waals surface area contributed by atoms with Crippen LogP contribution >= 0.6 is 0 Å². The summed E-state index contributed by atoms with van der Waals surface area (Å²) < 4.78 is 0. The van der Waals surface area contributed by atoms with Crippen molar-refractivity contribution >= 4 is 11.7 Å². The largest absolute Gasteiger partial charge is 0.373 e. The summed E-state index contributed by atoms with van der Waals surface area (Å²) in [6.07, 6.45) is 4.10. The molecule has 2 aliphatic heterocycles. The van der Waals surface area contributed by atoms with Gasteiger partial charge in [0.25, 0.3) is 0 Å². The van der Waals surface area contributed by atoms with Crippen LogP contribution in [0.1, 0.15) is 48.3 Å². The van der Waals surface area contributed by atoms with Crippen molar-refractivity contribution in [3.8, 4) is 0 Å². The zero-order chi connectivity index (χ0) is 20.2. The molecule has 29 heavy (non-hydrogen) atoms. The van der Waals surface area contributed by atoms with Crippen LogP contribution in [0.25, 0.3) is 0 Å². The van der Waals surface area contributed by atoms with Crippen LogP contribution in [0.4, 0.5) is 5.82 Å². The van der Waals surface area contributed by atoms with E-state index < -0.39 is 0 Å². The Morgan fingerprint density at radius 1 is 1.21 bits per heavy atom. The van der Waals surface area contributed by atoms with Crippen LogP contribution < -0.4 is 5.32 Å². The van der Waals surface area contributed by atoms with Crippen molar-refractivity contribution < 1.29 is 4.79 Å². The highest BCUT2D eigenvalue weighted by Crippen LogP contribution is 2.29. The lowest BCUT2D eigenvalue weighted by Gasteiger charge is -2.33. The molecule has 1 atom stereocenters. The van der Waals surface area contributed by atoms with Crippen LogP contribution in [0.3, 0.4) is 0 Å². The van der Waals surface area contributed by atoms with Crippen LogP contribution in [0.2, 0.25) is 0 Å². The molecule has 154 valence electrons. The Labute approximate surface area is 173 Å². The van der Waals surface area contributed by atoms with Gasteiger partial charge in [-0.15, -0.1) is 0 Å². The fourth-order valence-corrected chi connectivity index (χ4v) is 4.49. The van der Waals surface area contributed by atoms with Crippen LogP contribution in [-0.4, -0.2) is 58.9 Å². The number of nitrogens with one attached hydrogen (secondary N) is 1. The summed E-state index contributed by atoms with van der Waals surface area (Å²) in [6.45, 7) is 6.19. The van der Waals surface area contributed by atoms with Crippen LogP contribution in [0.15, 0.2) is 30.3 Å². The van der Waals surface area contributed by atoms with Crippen molar-refractivity contribution in [3.05, 3.63) is 53.0 Å². The third-order valence-electron chi connectivity index (χ3n) is 6.19. The lowest BCUT2D eigenvalue weighted by Crippen LogP contribution is -2.39. The molecule has 1 fully saturated rings. The van der Waals surface area contributed by atoms with Gasteiger partial charge in [0.15, 0.2) is 0 Å². The fourth-order valence-electron chi connectivity index (χ4n) is 4.49. The predicted molar refractivity (Wildman–Crippen MR) is 115 cm³/mol. The third-order valence-corrected chi connectivity index (χ3v) is 6.19. The second-order valence-corrected chi connectivity index (χ2v) is 8.17. The van der Waals surface area contributed by atoms with Crippen molar-refractivity contribution in [1.82, 2.24) is 19.8 Å². The topological polar surface area (TPSA) is 61.4 Å². The van der Waals surface area contributed by atoms with E-state index in [1.807, 2.05) is 11.9 Å². The van der Waals surface area contributed by atoms with Gasteiger partial charge in [-0.3, -0.25) is 9.69 Å². The normalized spacial score (nSPS) is 19.7. The molecule has 0 spiro atoms. The number of aromatic nitrogens is 2. The maximum atomic E-state index is 11.8. The number of likely N-dealkylation sites (tertiary alicyclic amines) is 1. The molecular formula is C23H31N5O. The van der Waals surface area contributed by atoms with E-state index in [0.717, 1.165) is 75.7 Å². The summed E-state index contributed by atoms with van der Waals surface area (Å²) in [5.74, 6) is 2.23. The highest BCUT2D eigenvalue weighted by molar-refractivity contribution is 5.73. The fraction of sp³-hybridized carbons (Fsp3) is 0.522. The molecule has 1 saturated heterocycles. The highest BCUT2D eigenvalue weighted by atomic mass is 16.2. The minimum atomic E-state index is 0.147. The molecule has 3 heterocycles. The number of amides is 1. The summed E-state index contributed by atoms with van der Waals surface area (Å²) in [7, 11) is 1.94. The molecule has 2 aromatic rings. The van der Waals surface area contributed by atoms with Gasteiger partial charge in [0, 0.05) is 58.2 Å². The van der Waals surface area contributed by atoms with E-state index in [2.05, 4.69) is 40.5 Å². The first-order valence-electron chi connectivity index (χ1n) is 10.7. The number of carbonyl (C=O) groups is 1. The molecule has 0 unspecified atom stereocenters. The first kappa shape index (κ1) is 19.8. The first-order chi connectivity index (χ1) is 14.1. The van der Waals surface area contributed by atoms with Gasteiger partial charge in [-0.2, -0.15) is 0 Å². The molecule has 2 aliphatic rings. The molecule has 1 aromatic heterocycles. The van der Waals surface area contributed by atoms with Gasteiger partial charge in [0.2, 0.25) is 5.91 Å². The van der Waals surface area contributed by atoms with E-state index in [1.165, 1.54) is 11.1 Å². The van der Waals surface area contributed by atoms with Crippen LogP contribution in [0, 0.1) is 0 Å². The van der Waals surface area contributed by atoms with Crippen LogP contribution in [0.5, 0.6) is 0 Å². The predicted octanol–water partition coefficient (Wildman–Crippen LogP) is 2.85. The Balaban J connectivity index is 1.50. The van der Waals surface area contributed by atoms with Crippen molar-refractivity contribution in [1.29, 1.82) is 0 Å². The Morgan fingerprint density at radius 3 is 2.79 bits per heavy atom. The average molecular weight is 394 g/mol. The molecule has 0 radical (unpaired) electrons. The number of hydrogen-bond donors (Lipinski definition) is 1. The van der Waals surface area contributed by atoms with Gasteiger partial charge >= 0.3 is 0 Å².